The van der Waals surface area contributed by atoms with Crippen LogP contribution in [-0.2, 0) is 4.79 Å². The molecule has 28 heavy (non-hydrogen) atoms. The maximum Gasteiger partial charge on any atom is 0.286 e. The fourth-order valence-corrected chi connectivity index (χ4v) is 2.92. The van der Waals surface area contributed by atoms with Crippen molar-refractivity contribution in [3.05, 3.63) is 51.7 Å². The van der Waals surface area contributed by atoms with Gasteiger partial charge in [0, 0.05) is 32.4 Å². The number of hydrogen-bond donors (Lipinski definition) is 1. The van der Waals surface area contributed by atoms with Crippen LogP contribution in [0, 0.1) is 10.1 Å². The molecular weight excluding hydrogens is 370 g/mol. The van der Waals surface area contributed by atoms with Crippen molar-refractivity contribution in [2.45, 2.75) is 12.5 Å². The van der Waals surface area contributed by atoms with Gasteiger partial charge in [-0.15, -0.1) is 0 Å². The minimum Gasteiger partial charge on any atom is -0.454 e. The van der Waals surface area contributed by atoms with Gasteiger partial charge >= 0.3 is 0 Å². The van der Waals surface area contributed by atoms with Gasteiger partial charge in [-0.2, -0.15) is 0 Å². The first-order valence-electron chi connectivity index (χ1n) is 8.43. The lowest BCUT2D eigenvalue weighted by atomic mass is 10.1. The van der Waals surface area contributed by atoms with Crippen LogP contribution in [0.1, 0.15) is 16.8 Å². The molecule has 10 heteroatoms. The minimum absolute atomic E-state index is 0.0815. The number of rotatable bonds is 5. The summed E-state index contributed by atoms with van der Waals surface area (Å²) in [6.07, 6.45) is 4.72. The summed E-state index contributed by atoms with van der Waals surface area (Å²) in [5.41, 5.74) is 0.0654. The molecule has 1 N–H and O–H groups in total. The fraction of sp³-hybridized carbons (Fsp3) is 0.333. The molecule has 0 radical (unpaired) electrons. The van der Waals surface area contributed by atoms with Crippen LogP contribution < -0.4 is 9.47 Å². The van der Waals surface area contributed by atoms with Gasteiger partial charge in [0.1, 0.15) is 5.56 Å². The second-order valence-electron chi connectivity index (χ2n) is 6.50. The van der Waals surface area contributed by atoms with Crippen molar-refractivity contribution in [3.63, 3.8) is 0 Å². The van der Waals surface area contributed by atoms with E-state index in [-0.39, 0.29) is 36.4 Å². The molecule has 1 atom stereocenters. The topological polar surface area (TPSA) is 122 Å². The number of ether oxygens (including phenoxy) is 2. The Morgan fingerprint density at radius 3 is 2.64 bits per heavy atom. The molecule has 0 saturated heterocycles. The van der Waals surface area contributed by atoms with Gasteiger partial charge < -0.3 is 24.4 Å². The lowest BCUT2D eigenvalue weighted by molar-refractivity contribution is -0.385. The Kier molecular flexibility index (Phi) is 5.32. The number of carbonyl (C=O) groups excluding carboxylic acids is 2. The Bertz CT molecular complexity index is 891. The largest absolute Gasteiger partial charge is 0.454 e. The zero-order valence-corrected chi connectivity index (χ0v) is 15.3. The molecule has 2 amide bonds. The van der Waals surface area contributed by atoms with Crippen molar-refractivity contribution in [1.29, 1.82) is 0 Å². The van der Waals surface area contributed by atoms with E-state index in [0.29, 0.717) is 12.0 Å². The molecular formula is C18H19N3O7. The third kappa shape index (κ3) is 3.67. The van der Waals surface area contributed by atoms with E-state index < -0.39 is 22.6 Å². The number of hydrogen-bond acceptors (Lipinski definition) is 7. The van der Waals surface area contributed by atoms with Gasteiger partial charge in [-0.05, 0) is 12.0 Å². The first-order chi connectivity index (χ1) is 13.3. The van der Waals surface area contributed by atoms with E-state index in [9.17, 15) is 24.8 Å². The molecule has 2 heterocycles. The molecule has 148 valence electrons. The Hall–Kier alpha value is -3.40. The molecule has 0 aliphatic carbocycles. The number of carbonyl (C=O) groups is 2. The van der Waals surface area contributed by atoms with Crippen molar-refractivity contribution in [3.8, 4) is 11.5 Å². The van der Waals surface area contributed by atoms with Crippen LogP contribution in [0.4, 0.5) is 5.69 Å². The van der Waals surface area contributed by atoms with Crippen molar-refractivity contribution in [2.75, 3.05) is 27.5 Å². The summed E-state index contributed by atoms with van der Waals surface area (Å²) in [5, 5.41) is 21.1. The number of nitro benzene ring substituents is 1. The van der Waals surface area contributed by atoms with E-state index in [0.717, 1.165) is 6.07 Å². The van der Waals surface area contributed by atoms with Gasteiger partial charge in [-0.3, -0.25) is 19.7 Å². The summed E-state index contributed by atoms with van der Waals surface area (Å²) in [4.78, 5) is 38.1. The van der Waals surface area contributed by atoms with Gasteiger partial charge in [-0.25, -0.2) is 0 Å². The van der Waals surface area contributed by atoms with Crippen molar-refractivity contribution in [2.24, 2.45) is 0 Å². The van der Waals surface area contributed by atoms with E-state index in [1.165, 1.54) is 28.1 Å². The molecule has 0 spiro atoms. The van der Waals surface area contributed by atoms with Crippen LogP contribution in [0.5, 0.6) is 11.5 Å². The minimum atomic E-state index is -0.667. The van der Waals surface area contributed by atoms with Crippen LogP contribution in [0.25, 0.3) is 0 Å². The molecule has 0 bridgehead atoms. The van der Waals surface area contributed by atoms with Crippen LogP contribution >= 0.6 is 0 Å². The van der Waals surface area contributed by atoms with Crippen molar-refractivity contribution in [1.82, 2.24) is 9.80 Å². The molecule has 2 aliphatic rings. The van der Waals surface area contributed by atoms with Gasteiger partial charge in [0.25, 0.3) is 11.6 Å². The third-order valence-corrected chi connectivity index (χ3v) is 4.41. The second kappa shape index (κ2) is 7.69. The Labute approximate surface area is 160 Å². The lowest BCUT2D eigenvalue weighted by Gasteiger charge is -2.21. The van der Waals surface area contributed by atoms with Crippen molar-refractivity contribution < 1.29 is 29.1 Å². The zero-order valence-electron chi connectivity index (χ0n) is 15.3. The third-order valence-electron chi connectivity index (χ3n) is 4.41. The van der Waals surface area contributed by atoms with Gasteiger partial charge in [0.2, 0.25) is 12.7 Å². The maximum absolute atomic E-state index is 13.0. The molecule has 0 saturated carbocycles. The monoisotopic (exact) mass is 389 g/mol. The molecule has 1 aromatic rings. The van der Waals surface area contributed by atoms with Gasteiger partial charge in [0.15, 0.2) is 11.5 Å². The van der Waals surface area contributed by atoms with Crippen LogP contribution in [0.15, 0.2) is 36.1 Å². The zero-order chi connectivity index (χ0) is 20.4. The number of allylic oxidation sites excluding steroid dienone is 1. The predicted octanol–water partition coefficient (Wildman–Crippen LogP) is 1.06. The SMILES string of the molecule is CN(C)C(=O)/C=C/C1=CN(C(=O)c2cc3c(cc2[N+](=O)[O-])OCO3)[C@H](CO)C1. The number of likely N-dealkylation sites (N-methyl/N-ethyl adjacent to an activating group) is 1. The first kappa shape index (κ1) is 19.4. The summed E-state index contributed by atoms with van der Waals surface area (Å²) in [7, 11) is 3.22. The number of nitro groups is 1. The number of fused-ring (bicyclic) bond motifs is 1. The molecule has 2 aliphatic heterocycles. The molecule has 3 rings (SSSR count). The number of nitrogens with zero attached hydrogens (tertiary/aromatic N) is 3. The standard InChI is InChI=1S/C18H19N3O7/c1-19(2)17(23)4-3-11-5-12(9-22)20(8-11)18(24)13-6-15-16(28-10-27-15)7-14(13)21(25)26/h3-4,6-8,12,22H,5,9-10H2,1-2H3/b4-3+/t12-/m0/s1. The molecule has 0 aromatic heterocycles. The Balaban J connectivity index is 1.92. The van der Waals surface area contributed by atoms with E-state index in [4.69, 9.17) is 9.47 Å². The van der Waals surface area contributed by atoms with Crippen LogP contribution in [0.3, 0.4) is 0 Å². The quantitative estimate of drug-likeness (QED) is 0.454. The van der Waals surface area contributed by atoms with Gasteiger partial charge in [0.05, 0.1) is 23.6 Å². The second-order valence-corrected chi connectivity index (χ2v) is 6.50. The highest BCUT2D eigenvalue weighted by atomic mass is 16.7. The molecule has 0 fully saturated rings. The molecule has 10 nitrogen and oxygen atoms in total. The van der Waals surface area contributed by atoms with Crippen LogP contribution in [-0.4, -0.2) is 65.2 Å². The summed E-state index contributed by atoms with van der Waals surface area (Å²) < 4.78 is 10.3. The van der Waals surface area contributed by atoms with E-state index in [2.05, 4.69) is 0 Å². The number of benzene rings is 1. The normalized spacial score (nSPS) is 17.8. The summed E-state index contributed by atoms with van der Waals surface area (Å²) in [6, 6.07) is 1.83. The lowest BCUT2D eigenvalue weighted by Crippen LogP contribution is -2.35. The summed E-state index contributed by atoms with van der Waals surface area (Å²) in [5.74, 6) is -0.428. The highest BCUT2D eigenvalue weighted by Gasteiger charge is 2.34. The summed E-state index contributed by atoms with van der Waals surface area (Å²) in [6.45, 7) is -0.415. The highest BCUT2D eigenvalue weighted by Crippen LogP contribution is 2.39. The highest BCUT2D eigenvalue weighted by molar-refractivity contribution is 6.00. The number of aliphatic hydroxyl groups excluding tert-OH is 1. The van der Waals surface area contributed by atoms with Gasteiger partial charge in [-0.1, -0.05) is 6.08 Å². The average molecular weight is 389 g/mol. The van der Waals surface area contributed by atoms with Crippen molar-refractivity contribution >= 4 is 17.5 Å². The van der Waals surface area contributed by atoms with E-state index in [1.807, 2.05) is 0 Å². The maximum atomic E-state index is 13.0. The molecule has 0 unspecified atom stereocenters. The average Bonchev–Trinajstić information content (AvgIpc) is 3.30. The first-order valence-corrected chi connectivity index (χ1v) is 8.43. The van der Waals surface area contributed by atoms with E-state index >= 15 is 0 Å². The Morgan fingerprint density at radius 1 is 1.36 bits per heavy atom. The fourth-order valence-electron chi connectivity index (χ4n) is 2.92. The number of amides is 2. The number of aliphatic hydroxyl groups is 1. The van der Waals surface area contributed by atoms with E-state index in [1.54, 1.807) is 20.2 Å². The smallest absolute Gasteiger partial charge is 0.286 e. The predicted molar refractivity (Wildman–Crippen MR) is 96.8 cm³/mol. The molecule has 1 aromatic carbocycles. The van der Waals surface area contributed by atoms with Crippen LogP contribution in [0.2, 0.25) is 0 Å². The summed E-state index contributed by atoms with van der Waals surface area (Å²) >= 11 is 0. The Morgan fingerprint density at radius 2 is 2.04 bits per heavy atom.